The SMILES string of the molecule is CC(=O)O[C@H](c1ccco1)C(C(=O)c1ccc([N+](=O)[O-])cc1)[C@@H](OC(C)=O)c1ccco1. The number of hydrogen-bond acceptors (Lipinski definition) is 9. The lowest BCUT2D eigenvalue weighted by Crippen LogP contribution is -2.33. The first-order valence-corrected chi connectivity index (χ1v) is 9.48. The molecule has 3 rings (SSSR count). The Kier molecular flexibility index (Phi) is 6.83. The topological polar surface area (TPSA) is 139 Å². The van der Waals surface area contributed by atoms with E-state index in [2.05, 4.69) is 0 Å². The van der Waals surface area contributed by atoms with Crippen molar-refractivity contribution in [1.82, 2.24) is 0 Å². The van der Waals surface area contributed by atoms with E-state index in [1.807, 2.05) is 0 Å². The molecule has 32 heavy (non-hydrogen) atoms. The number of nitrogens with zero attached hydrogens (tertiary/aromatic N) is 1. The first kappa shape index (κ1) is 22.5. The van der Waals surface area contributed by atoms with Gasteiger partial charge in [-0.25, -0.2) is 0 Å². The van der Waals surface area contributed by atoms with Crippen molar-refractivity contribution in [2.75, 3.05) is 0 Å². The zero-order valence-electron chi connectivity index (χ0n) is 17.1. The van der Waals surface area contributed by atoms with E-state index in [1.54, 1.807) is 12.1 Å². The fourth-order valence-electron chi connectivity index (χ4n) is 3.25. The molecule has 0 radical (unpaired) electrons. The molecule has 2 heterocycles. The summed E-state index contributed by atoms with van der Waals surface area (Å²) in [6.07, 6.45) is 0.124. The number of ether oxygens (including phenoxy) is 2. The van der Waals surface area contributed by atoms with Crippen LogP contribution in [0.15, 0.2) is 69.9 Å². The molecule has 0 saturated heterocycles. The molecule has 0 aliphatic heterocycles. The minimum atomic E-state index is -1.32. The van der Waals surface area contributed by atoms with Crippen molar-refractivity contribution in [3.8, 4) is 0 Å². The third-order valence-corrected chi connectivity index (χ3v) is 4.55. The number of rotatable bonds is 9. The second-order valence-corrected chi connectivity index (χ2v) is 6.78. The third kappa shape index (κ3) is 5.09. The second-order valence-electron chi connectivity index (χ2n) is 6.78. The van der Waals surface area contributed by atoms with E-state index in [0.29, 0.717) is 0 Å². The molecule has 3 atom stereocenters. The van der Waals surface area contributed by atoms with Crippen molar-refractivity contribution >= 4 is 23.4 Å². The number of esters is 2. The Bertz CT molecular complexity index is 1030. The van der Waals surface area contributed by atoms with Gasteiger partial charge in [0, 0.05) is 31.5 Å². The van der Waals surface area contributed by atoms with Crippen molar-refractivity contribution < 1.29 is 37.6 Å². The van der Waals surface area contributed by atoms with Gasteiger partial charge in [0.15, 0.2) is 18.0 Å². The summed E-state index contributed by atoms with van der Waals surface area (Å²) in [4.78, 5) is 47.8. The van der Waals surface area contributed by atoms with Gasteiger partial charge in [-0.15, -0.1) is 0 Å². The van der Waals surface area contributed by atoms with Crippen molar-refractivity contribution in [2.45, 2.75) is 26.1 Å². The van der Waals surface area contributed by atoms with Crippen LogP contribution < -0.4 is 0 Å². The van der Waals surface area contributed by atoms with Crippen LogP contribution >= 0.6 is 0 Å². The second kappa shape index (κ2) is 9.73. The van der Waals surface area contributed by atoms with Crippen molar-refractivity contribution in [3.05, 3.63) is 88.3 Å². The Balaban J connectivity index is 2.14. The Hall–Kier alpha value is -4.21. The van der Waals surface area contributed by atoms with Gasteiger partial charge in [-0.05, 0) is 36.4 Å². The van der Waals surface area contributed by atoms with Gasteiger partial charge < -0.3 is 18.3 Å². The maximum absolute atomic E-state index is 13.6. The summed E-state index contributed by atoms with van der Waals surface area (Å²) < 4.78 is 21.6. The number of non-ortho nitro benzene ring substituents is 1. The summed E-state index contributed by atoms with van der Waals surface area (Å²) in [5.74, 6) is -3.04. The highest BCUT2D eigenvalue weighted by Gasteiger charge is 2.44. The van der Waals surface area contributed by atoms with Crippen LogP contribution in [0.3, 0.4) is 0 Å². The molecule has 10 nitrogen and oxygen atoms in total. The molecule has 0 saturated carbocycles. The molecule has 0 bridgehead atoms. The van der Waals surface area contributed by atoms with Crippen LogP contribution in [0.4, 0.5) is 5.69 Å². The molecule has 0 aliphatic carbocycles. The number of hydrogen-bond donors (Lipinski definition) is 0. The van der Waals surface area contributed by atoms with E-state index in [0.717, 1.165) is 13.8 Å². The van der Waals surface area contributed by atoms with Gasteiger partial charge in [0.05, 0.1) is 17.4 Å². The predicted octanol–water partition coefficient (Wildman–Crippen LogP) is 4.19. The molecule has 0 N–H and O–H groups in total. The van der Waals surface area contributed by atoms with Gasteiger partial charge >= 0.3 is 11.9 Å². The van der Waals surface area contributed by atoms with Crippen LogP contribution in [0.5, 0.6) is 0 Å². The van der Waals surface area contributed by atoms with Gasteiger partial charge in [0.1, 0.15) is 17.4 Å². The normalized spacial score (nSPS) is 13.6. The fraction of sp³-hybridized carbons (Fsp3) is 0.227. The number of furan rings is 2. The van der Waals surface area contributed by atoms with Crippen LogP contribution in [0.1, 0.15) is 47.9 Å². The molecule has 166 valence electrons. The minimum Gasteiger partial charge on any atom is -0.465 e. The number of benzene rings is 1. The van der Waals surface area contributed by atoms with Gasteiger partial charge in [-0.1, -0.05) is 0 Å². The molecule has 2 aromatic heterocycles. The monoisotopic (exact) mass is 441 g/mol. The molecule has 0 fully saturated rings. The van der Waals surface area contributed by atoms with Gasteiger partial charge in [-0.3, -0.25) is 24.5 Å². The summed E-state index contributed by atoms with van der Waals surface area (Å²) >= 11 is 0. The summed E-state index contributed by atoms with van der Waals surface area (Å²) in [7, 11) is 0. The third-order valence-electron chi connectivity index (χ3n) is 4.55. The Morgan fingerprint density at radius 1 is 0.844 bits per heavy atom. The van der Waals surface area contributed by atoms with Crippen molar-refractivity contribution in [2.24, 2.45) is 5.92 Å². The molecule has 3 aromatic rings. The van der Waals surface area contributed by atoms with E-state index < -0.39 is 40.8 Å². The maximum Gasteiger partial charge on any atom is 0.303 e. The molecule has 0 spiro atoms. The summed E-state index contributed by atoms with van der Waals surface area (Å²) in [5.41, 5.74) is -0.128. The van der Waals surface area contributed by atoms with Crippen LogP contribution in [0.2, 0.25) is 0 Å². The number of carbonyl (C=O) groups is 3. The molecule has 10 heteroatoms. The van der Waals surface area contributed by atoms with E-state index in [4.69, 9.17) is 18.3 Å². The lowest BCUT2D eigenvalue weighted by atomic mass is 9.85. The summed E-state index contributed by atoms with van der Waals surface area (Å²) in [5, 5.41) is 11.0. The highest BCUT2D eigenvalue weighted by molar-refractivity contribution is 5.99. The standard InChI is InChI=1S/C22H19NO9/c1-13(24)31-21(17-5-3-11-29-17)19(22(32-14(2)25)18-6-4-12-30-18)20(26)15-7-9-16(10-8-15)23(27)28/h3-12,19,21-22H,1-2H3/t19?,21-,22+. The molecule has 1 aromatic carbocycles. The lowest BCUT2D eigenvalue weighted by Gasteiger charge is -2.29. The smallest absolute Gasteiger partial charge is 0.303 e. The average Bonchev–Trinajstić information content (AvgIpc) is 3.46. The van der Waals surface area contributed by atoms with Crippen LogP contribution in [0, 0.1) is 16.0 Å². The average molecular weight is 441 g/mol. The first-order valence-electron chi connectivity index (χ1n) is 9.48. The number of Topliss-reactive ketones (excluding diaryl/α,β-unsaturated/α-hetero) is 1. The number of carbonyl (C=O) groups excluding carboxylic acids is 3. The number of nitro groups is 1. The van der Waals surface area contributed by atoms with Gasteiger partial charge in [0.25, 0.3) is 5.69 Å². The molecule has 0 aliphatic rings. The highest BCUT2D eigenvalue weighted by atomic mass is 16.6. The van der Waals surface area contributed by atoms with E-state index in [-0.39, 0.29) is 22.8 Å². The first-order chi connectivity index (χ1) is 15.3. The van der Waals surface area contributed by atoms with E-state index in [1.165, 1.54) is 48.9 Å². The Morgan fingerprint density at radius 3 is 1.66 bits per heavy atom. The van der Waals surface area contributed by atoms with Gasteiger partial charge in [-0.2, -0.15) is 0 Å². The Labute approximate surface area is 181 Å². The zero-order valence-corrected chi connectivity index (χ0v) is 17.1. The van der Waals surface area contributed by atoms with Crippen molar-refractivity contribution in [1.29, 1.82) is 0 Å². The van der Waals surface area contributed by atoms with Crippen LogP contribution in [-0.2, 0) is 19.1 Å². The molecule has 1 unspecified atom stereocenters. The zero-order chi connectivity index (χ0) is 23.3. The quantitative estimate of drug-likeness (QED) is 0.207. The maximum atomic E-state index is 13.6. The Morgan fingerprint density at radius 2 is 1.31 bits per heavy atom. The van der Waals surface area contributed by atoms with Crippen LogP contribution in [-0.4, -0.2) is 22.6 Å². The fourth-order valence-corrected chi connectivity index (χ4v) is 3.25. The largest absolute Gasteiger partial charge is 0.465 e. The van der Waals surface area contributed by atoms with E-state index in [9.17, 15) is 24.5 Å². The summed E-state index contributed by atoms with van der Waals surface area (Å²) in [6, 6.07) is 11.0. The van der Waals surface area contributed by atoms with Crippen LogP contribution in [0.25, 0.3) is 0 Å². The molecular weight excluding hydrogens is 422 g/mol. The minimum absolute atomic E-state index is 0.0769. The van der Waals surface area contributed by atoms with Crippen molar-refractivity contribution in [3.63, 3.8) is 0 Å². The highest BCUT2D eigenvalue weighted by Crippen LogP contribution is 2.41. The number of nitro benzene ring substituents is 1. The lowest BCUT2D eigenvalue weighted by molar-refractivity contribution is -0.384. The molecule has 0 amide bonds. The summed E-state index contributed by atoms with van der Waals surface area (Å²) in [6.45, 7) is 2.33. The number of ketones is 1. The predicted molar refractivity (Wildman–Crippen MR) is 107 cm³/mol. The molecular formula is C22H19NO9. The van der Waals surface area contributed by atoms with E-state index >= 15 is 0 Å². The van der Waals surface area contributed by atoms with Gasteiger partial charge in [0.2, 0.25) is 0 Å².